The van der Waals surface area contributed by atoms with Crippen LogP contribution in [0.3, 0.4) is 0 Å². The number of benzene rings is 1. The first-order chi connectivity index (χ1) is 9.16. The molecular formula is C15H15BrFNO. The highest BCUT2D eigenvalue weighted by Crippen LogP contribution is 2.22. The summed E-state index contributed by atoms with van der Waals surface area (Å²) < 4.78 is 13.8. The first-order valence-corrected chi connectivity index (χ1v) is 6.97. The highest BCUT2D eigenvalue weighted by Gasteiger charge is 2.11. The normalized spacial score (nSPS) is 12.4. The summed E-state index contributed by atoms with van der Waals surface area (Å²) in [6.45, 7) is 0. The number of hydrogen-bond donors (Lipinski definition) is 1. The summed E-state index contributed by atoms with van der Waals surface area (Å²) >= 11 is 3.21. The molecule has 1 atom stereocenters. The molecule has 0 aliphatic heterocycles. The number of nitrogens with zero attached hydrogens (tertiary/aromatic N) is 1. The molecule has 0 amide bonds. The monoisotopic (exact) mass is 323 g/mol. The van der Waals surface area contributed by atoms with Crippen LogP contribution in [0.25, 0.3) is 0 Å². The van der Waals surface area contributed by atoms with Gasteiger partial charge in [0.2, 0.25) is 0 Å². The lowest BCUT2D eigenvalue weighted by Crippen LogP contribution is -2.12. The maximum absolute atomic E-state index is 13.3. The molecule has 0 saturated heterocycles. The third kappa shape index (κ3) is 4.11. The quantitative estimate of drug-likeness (QED) is 0.913. The summed E-state index contributed by atoms with van der Waals surface area (Å²) in [5.41, 5.74) is 1.74. The molecule has 0 bridgehead atoms. The number of aromatic nitrogens is 1. The van der Waals surface area contributed by atoms with Crippen molar-refractivity contribution in [2.75, 3.05) is 0 Å². The van der Waals surface area contributed by atoms with E-state index in [0.29, 0.717) is 17.3 Å². The smallest absolute Gasteiger partial charge is 0.137 e. The molecule has 100 valence electrons. The second kappa shape index (κ2) is 6.78. The van der Waals surface area contributed by atoms with E-state index in [4.69, 9.17) is 0 Å². The Balaban J connectivity index is 1.91. The van der Waals surface area contributed by atoms with Gasteiger partial charge in [-0.25, -0.2) is 4.39 Å². The highest BCUT2D eigenvalue weighted by molar-refractivity contribution is 9.10. The number of pyridine rings is 1. The Morgan fingerprint density at radius 2 is 2.05 bits per heavy atom. The average molecular weight is 324 g/mol. The van der Waals surface area contributed by atoms with E-state index in [-0.39, 0.29) is 5.82 Å². The van der Waals surface area contributed by atoms with E-state index in [0.717, 1.165) is 17.7 Å². The Morgan fingerprint density at radius 3 is 2.79 bits per heavy atom. The van der Waals surface area contributed by atoms with Crippen LogP contribution < -0.4 is 0 Å². The summed E-state index contributed by atoms with van der Waals surface area (Å²) in [7, 11) is 0. The van der Waals surface area contributed by atoms with E-state index in [1.54, 1.807) is 12.3 Å². The van der Waals surface area contributed by atoms with Gasteiger partial charge in [-0.05, 0) is 59.0 Å². The number of rotatable bonds is 5. The zero-order chi connectivity index (χ0) is 13.7. The molecule has 0 saturated carbocycles. The number of aliphatic hydroxyl groups excluding tert-OH is 1. The van der Waals surface area contributed by atoms with Gasteiger partial charge in [0.05, 0.1) is 10.6 Å². The van der Waals surface area contributed by atoms with Gasteiger partial charge in [0, 0.05) is 11.9 Å². The summed E-state index contributed by atoms with van der Waals surface area (Å²) in [4.78, 5) is 4.21. The fourth-order valence-electron chi connectivity index (χ4n) is 1.92. The van der Waals surface area contributed by atoms with Gasteiger partial charge in [0.15, 0.2) is 0 Å². The van der Waals surface area contributed by atoms with E-state index >= 15 is 0 Å². The van der Waals surface area contributed by atoms with Crippen molar-refractivity contribution in [3.05, 3.63) is 64.1 Å². The number of aryl methyl sites for hydroxylation is 1. The van der Waals surface area contributed by atoms with Crippen molar-refractivity contribution >= 4 is 15.9 Å². The minimum Gasteiger partial charge on any atom is -0.393 e. The second-order valence-electron chi connectivity index (χ2n) is 4.43. The molecule has 2 rings (SSSR count). The van der Waals surface area contributed by atoms with Crippen LogP contribution in [0.1, 0.15) is 17.7 Å². The number of aliphatic hydroxyl groups is 1. The molecule has 19 heavy (non-hydrogen) atoms. The Morgan fingerprint density at radius 1 is 1.21 bits per heavy atom. The van der Waals surface area contributed by atoms with Gasteiger partial charge in [0.25, 0.3) is 0 Å². The largest absolute Gasteiger partial charge is 0.393 e. The molecule has 0 aliphatic carbocycles. The van der Waals surface area contributed by atoms with Crippen LogP contribution in [-0.4, -0.2) is 16.2 Å². The predicted octanol–water partition coefficient (Wildman–Crippen LogP) is 3.52. The van der Waals surface area contributed by atoms with Gasteiger partial charge in [0.1, 0.15) is 5.82 Å². The van der Waals surface area contributed by atoms with Crippen LogP contribution in [0.15, 0.2) is 47.1 Å². The van der Waals surface area contributed by atoms with Crippen molar-refractivity contribution < 1.29 is 9.50 Å². The number of hydrogen-bond acceptors (Lipinski definition) is 2. The third-order valence-electron chi connectivity index (χ3n) is 2.95. The van der Waals surface area contributed by atoms with Gasteiger partial charge in [-0.2, -0.15) is 0 Å². The Labute approximate surface area is 120 Å². The molecule has 2 aromatic rings. The molecule has 0 aliphatic rings. The lowest BCUT2D eigenvalue weighted by Gasteiger charge is -2.12. The Kier molecular flexibility index (Phi) is 5.05. The SMILES string of the molecule is OC(CCc1ccccn1)Cc1cccc(F)c1Br. The maximum Gasteiger partial charge on any atom is 0.137 e. The molecular weight excluding hydrogens is 309 g/mol. The van der Waals surface area contributed by atoms with E-state index in [1.165, 1.54) is 6.07 Å². The first kappa shape index (κ1) is 14.2. The van der Waals surface area contributed by atoms with Crippen molar-refractivity contribution in [2.24, 2.45) is 0 Å². The number of halogens is 2. The second-order valence-corrected chi connectivity index (χ2v) is 5.22. The fraction of sp³-hybridized carbons (Fsp3) is 0.267. The molecule has 1 aromatic carbocycles. The molecule has 1 aromatic heterocycles. The van der Waals surface area contributed by atoms with Crippen LogP contribution in [0.2, 0.25) is 0 Å². The van der Waals surface area contributed by atoms with Crippen molar-refractivity contribution in [2.45, 2.75) is 25.4 Å². The van der Waals surface area contributed by atoms with Crippen LogP contribution in [0, 0.1) is 5.82 Å². The molecule has 0 radical (unpaired) electrons. The Bertz CT molecular complexity index is 533. The third-order valence-corrected chi connectivity index (χ3v) is 3.84. The van der Waals surface area contributed by atoms with Crippen LogP contribution in [0.4, 0.5) is 4.39 Å². The van der Waals surface area contributed by atoms with E-state index in [1.807, 2.05) is 24.3 Å². The molecule has 4 heteroatoms. The maximum atomic E-state index is 13.3. The molecule has 1 unspecified atom stereocenters. The van der Waals surface area contributed by atoms with Gasteiger partial charge in [-0.15, -0.1) is 0 Å². The van der Waals surface area contributed by atoms with Crippen molar-refractivity contribution in [1.29, 1.82) is 0 Å². The zero-order valence-electron chi connectivity index (χ0n) is 10.4. The van der Waals surface area contributed by atoms with Crippen LogP contribution in [-0.2, 0) is 12.8 Å². The lowest BCUT2D eigenvalue weighted by atomic mass is 10.0. The standard InChI is InChI=1S/C15H15BrFNO/c16-15-11(4-3-6-14(15)17)10-13(19)8-7-12-5-1-2-9-18-12/h1-6,9,13,19H,7-8,10H2. The summed E-state index contributed by atoms with van der Waals surface area (Å²) in [6, 6.07) is 10.6. The fourth-order valence-corrected chi connectivity index (χ4v) is 2.35. The summed E-state index contributed by atoms with van der Waals surface area (Å²) in [5, 5.41) is 10.0. The topological polar surface area (TPSA) is 33.1 Å². The van der Waals surface area contributed by atoms with E-state index < -0.39 is 6.10 Å². The predicted molar refractivity (Wildman–Crippen MR) is 76.4 cm³/mol. The van der Waals surface area contributed by atoms with Gasteiger partial charge >= 0.3 is 0 Å². The summed E-state index contributed by atoms with van der Waals surface area (Å²) in [6.07, 6.45) is 3.01. The van der Waals surface area contributed by atoms with E-state index in [2.05, 4.69) is 20.9 Å². The average Bonchev–Trinajstić information content (AvgIpc) is 2.43. The summed E-state index contributed by atoms with van der Waals surface area (Å²) in [5.74, 6) is -0.297. The minimum absolute atomic E-state index is 0.297. The van der Waals surface area contributed by atoms with E-state index in [9.17, 15) is 9.50 Å². The minimum atomic E-state index is -0.500. The highest BCUT2D eigenvalue weighted by atomic mass is 79.9. The van der Waals surface area contributed by atoms with Crippen molar-refractivity contribution in [3.8, 4) is 0 Å². The zero-order valence-corrected chi connectivity index (χ0v) is 12.0. The van der Waals surface area contributed by atoms with Crippen molar-refractivity contribution in [3.63, 3.8) is 0 Å². The van der Waals surface area contributed by atoms with Gasteiger partial charge in [-0.1, -0.05) is 18.2 Å². The van der Waals surface area contributed by atoms with Gasteiger partial charge < -0.3 is 5.11 Å². The van der Waals surface area contributed by atoms with Gasteiger partial charge in [-0.3, -0.25) is 4.98 Å². The lowest BCUT2D eigenvalue weighted by molar-refractivity contribution is 0.164. The Hall–Kier alpha value is -1.26. The molecule has 2 nitrogen and oxygen atoms in total. The molecule has 1 N–H and O–H groups in total. The molecule has 1 heterocycles. The molecule has 0 spiro atoms. The van der Waals surface area contributed by atoms with Crippen LogP contribution in [0.5, 0.6) is 0 Å². The first-order valence-electron chi connectivity index (χ1n) is 6.17. The molecule has 0 fully saturated rings. The van der Waals surface area contributed by atoms with Crippen LogP contribution >= 0.6 is 15.9 Å². The van der Waals surface area contributed by atoms with Crippen molar-refractivity contribution in [1.82, 2.24) is 4.98 Å².